The molecule has 1 aromatic carbocycles. The fourth-order valence-electron chi connectivity index (χ4n) is 2.67. The number of esters is 1. The van der Waals surface area contributed by atoms with Gasteiger partial charge in [-0.2, -0.15) is 5.26 Å². The van der Waals surface area contributed by atoms with E-state index in [1.807, 2.05) is 38.5 Å². The molecule has 0 unspecified atom stereocenters. The van der Waals surface area contributed by atoms with Crippen molar-refractivity contribution in [1.29, 1.82) is 5.26 Å². The van der Waals surface area contributed by atoms with Gasteiger partial charge in [-0.25, -0.2) is 4.79 Å². The Morgan fingerprint density at radius 1 is 1.43 bits per heavy atom. The van der Waals surface area contributed by atoms with Gasteiger partial charge in [0.2, 0.25) is 0 Å². The Morgan fingerprint density at radius 3 is 2.78 bits per heavy atom. The molecule has 2 aromatic rings. The molecule has 2 rings (SSSR count). The first-order valence-corrected chi connectivity index (χ1v) is 8.68. The monoisotopic (exact) mass is 331 g/mol. The van der Waals surface area contributed by atoms with Gasteiger partial charge in [-0.1, -0.05) is 17.7 Å². The van der Waals surface area contributed by atoms with E-state index in [0.717, 1.165) is 27.8 Å². The standard InChI is InChI=1S/C18H22N2O2S/c1-5-22-17(21)18(12-19,8-9-20(3)4)15-11-23-16-7-6-13(2)10-14(15)16/h6-7,10-11H,5,8-9H2,1-4H3/p+1/t18-/m0/s1. The minimum Gasteiger partial charge on any atom is -0.465 e. The highest BCUT2D eigenvalue weighted by Crippen LogP contribution is 2.38. The smallest absolute Gasteiger partial charge is 0.331 e. The number of rotatable bonds is 6. The molecule has 0 amide bonds. The molecule has 0 radical (unpaired) electrons. The lowest BCUT2D eigenvalue weighted by molar-refractivity contribution is -0.858. The maximum absolute atomic E-state index is 12.7. The van der Waals surface area contributed by atoms with Gasteiger partial charge in [0, 0.05) is 16.7 Å². The first-order chi connectivity index (χ1) is 10.9. The number of carbonyl (C=O) groups excluding carboxylic acids is 1. The SMILES string of the molecule is CCOC(=O)[C@](C#N)(CC[NH+](C)C)c1csc2ccc(C)cc12. The van der Waals surface area contributed by atoms with E-state index in [0.29, 0.717) is 6.42 Å². The predicted octanol–water partition coefficient (Wildman–Crippen LogP) is 2.07. The Morgan fingerprint density at radius 2 is 2.17 bits per heavy atom. The number of carbonyl (C=O) groups is 1. The second-order valence-electron chi connectivity index (χ2n) is 6.09. The molecule has 0 saturated carbocycles. The fourth-order valence-corrected chi connectivity index (χ4v) is 3.69. The number of aryl methyl sites for hydroxylation is 1. The first-order valence-electron chi connectivity index (χ1n) is 7.80. The van der Waals surface area contributed by atoms with Crippen molar-refractivity contribution in [3.8, 4) is 6.07 Å². The van der Waals surface area contributed by atoms with E-state index in [2.05, 4.69) is 12.1 Å². The van der Waals surface area contributed by atoms with Crippen LogP contribution in [0.3, 0.4) is 0 Å². The Hall–Kier alpha value is -1.90. The van der Waals surface area contributed by atoms with Crippen LogP contribution in [-0.4, -0.2) is 33.2 Å². The number of hydrogen-bond acceptors (Lipinski definition) is 4. The van der Waals surface area contributed by atoms with Crippen LogP contribution in [0.4, 0.5) is 0 Å². The van der Waals surface area contributed by atoms with Gasteiger partial charge in [-0.05, 0) is 30.7 Å². The van der Waals surface area contributed by atoms with E-state index in [1.54, 1.807) is 18.3 Å². The summed E-state index contributed by atoms with van der Waals surface area (Å²) in [6.07, 6.45) is 0.449. The first kappa shape index (κ1) is 17.5. The maximum Gasteiger partial charge on any atom is 0.331 e. The molecule has 5 heteroatoms. The molecule has 1 atom stereocenters. The summed E-state index contributed by atoms with van der Waals surface area (Å²) in [7, 11) is 4.03. The van der Waals surface area contributed by atoms with Crippen molar-refractivity contribution in [2.75, 3.05) is 27.2 Å². The third kappa shape index (κ3) is 3.39. The summed E-state index contributed by atoms with van der Waals surface area (Å²) in [5, 5.41) is 12.9. The number of nitrogens with zero attached hydrogens (tertiary/aromatic N) is 1. The lowest BCUT2D eigenvalue weighted by Gasteiger charge is -2.25. The summed E-state index contributed by atoms with van der Waals surface area (Å²) in [6, 6.07) is 8.43. The van der Waals surface area contributed by atoms with Crippen LogP contribution in [0.15, 0.2) is 23.6 Å². The Kier molecular flexibility index (Phi) is 5.40. The number of nitriles is 1. The zero-order valence-electron chi connectivity index (χ0n) is 14.1. The number of thiophene rings is 1. The number of ether oxygens (including phenoxy) is 1. The predicted molar refractivity (Wildman–Crippen MR) is 92.8 cm³/mol. The van der Waals surface area contributed by atoms with Crippen LogP contribution < -0.4 is 4.90 Å². The van der Waals surface area contributed by atoms with Crippen molar-refractivity contribution in [2.24, 2.45) is 0 Å². The van der Waals surface area contributed by atoms with E-state index in [4.69, 9.17) is 4.74 Å². The van der Waals surface area contributed by atoms with Gasteiger partial charge in [0.05, 0.1) is 33.3 Å². The van der Waals surface area contributed by atoms with Gasteiger partial charge < -0.3 is 9.64 Å². The van der Waals surface area contributed by atoms with Crippen molar-refractivity contribution in [3.63, 3.8) is 0 Å². The highest BCUT2D eigenvalue weighted by molar-refractivity contribution is 7.17. The van der Waals surface area contributed by atoms with Gasteiger partial charge in [-0.15, -0.1) is 11.3 Å². The van der Waals surface area contributed by atoms with Crippen LogP contribution >= 0.6 is 11.3 Å². The van der Waals surface area contributed by atoms with E-state index >= 15 is 0 Å². The highest BCUT2D eigenvalue weighted by Gasteiger charge is 2.44. The van der Waals surface area contributed by atoms with Gasteiger partial charge >= 0.3 is 5.97 Å². The van der Waals surface area contributed by atoms with Gasteiger partial charge in [0.25, 0.3) is 0 Å². The largest absolute Gasteiger partial charge is 0.465 e. The maximum atomic E-state index is 12.7. The molecule has 0 spiro atoms. The molecule has 0 fully saturated rings. The van der Waals surface area contributed by atoms with Crippen molar-refractivity contribution < 1.29 is 14.4 Å². The molecule has 0 bridgehead atoms. The topological polar surface area (TPSA) is 54.5 Å². The molecule has 4 nitrogen and oxygen atoms in total. The Balaban J connectivity index is 2.61. The van der Waals surface area contributed by atoms with E-state index < -0.39 is 11.4 Å². The van der Waals surface area contributed by atoms with Crippen LogP contribution in [0.1, 0.15) is 24.5 Å². The summed E-state index contributed by atoms with van der Waals surface area (Å²) in [5.74, 6) is -0.440. The molecule has 0 aliphatic heterocycles. The van der Waals surface area contributed by atoms with Crippen LogP contribution in [-0.2, 0) is 14.9 Å². The Bertz CT molecular complexity index is 745. The normalized spacial score (nSPS) is 13.7. The van der Waals surface area contributed by atoms with Crippen LogP contribution in [0, 0.1) is 18.3 Å². The minimum absolute atomic E-state index is 0.276. The lowest BCUT2D eigenvalue weighted by atomic mass is 9.78. The molecule has 1 aromatic heterocycles. The number of quaternary nitrogens is 1. The summed E-state index contributed by atoms with van der Waals surface area (Å²) in [4.78, 5) is 13.9. The van der Waals surface area contributed by atoms with Gasteiger partial charge in [0.15, 0.2) is 5.41 Å². The molecule has 0 saturated heterocycles. The van der Waals surface area contributed by atoms with Gasteiger partial charge in [0.1, 0.15) is 0 Å². The van der Waals surface area contributed by atoms with Crippen LogP contribution in [0.25, 0.3) is 10.1 Å². The van der Waals surface area contributed by atoms with Crippen LogP contribution in [0.5, 0.6) is 0 Å². The van der Waals surface area contributed by atoms with Crippen molar-refractivity contribution in [2.45, 2.75) is 25.7 Å². The van der Waals surface area contributed by atoms with Crippen molar-refractivity contribution in [3.05, 3.63) is 34.7 Å². The minimum atomic E-state index is -1.24. The lowest BCUT2D eigenvalue weighted by Crippen LogP contribution is -3.05. The summed E-state index contributed by atoms with van der Waals surface area (Å²) >= 11 is 1.57. The van der Waals surface area contributed by atoms with Crippen molar-refractivity contribution in [1.82, 2.24) is 0 Å². The molecular formula is C18H23N2O2S+. The number of hydrogen-bond donors (Lipinski definition) is 1. The third-order valence-corrected chi connectivity index (χ3v) is 4.97. The van der Waals surface area contributed by atoms with E-state index in [1.165, 1.54) is 4.90 Å². The summed E-state index contributed by atoms with van der Waals surface area (Å²) in [5.41, 5.74) is 0.661. The molecular weight excluding hydrogens is 308 g/mol. The fraction of sp³-hybridized carbons (Fsp3) is 0.444. The summed E-state index contributed by atoms with van der Waals surface area (Å²) < 4.78 is 6.36. The zero-order valence-corrected chi connectivity index (χ0v) is 14.9. The molecule has 1 heterocycles. The van der Waals surface area contributed by atoms with E-state index in [9.17, 15) is 10.1 Å². The third-order valence-electron chi connectivity index (χ3n) is 4.00. The number of benzene rings is 1. The number of fused-ring (bicyclic) bond motifs is 1. The second kappa shape index (κ2) is 7.12. The number of nitrogens with one attached hydrogen (secondary N) is 1. The molecule has 0 aliphatic rings. The summed E-state index contributed by atoms with van der Waals surface area (Å²) in [6.45, 7) is 4.78. The average Bonchev–Trinajstić information content (AvgIpc) is 2.92. The molecule has 0 aliphatic carbocycles. The quantitative estimate of drug-likeness (QED) is 0.825. The van der Waals surface area contributed by atoms with Crippen LogP contribution in [0.2, 0.25) is 0 Å². The van der Waals surface area contributed by atoms with Gasteiger partial charge in [-0.3, -0.25) is 0 Å². The molecule has 1 N–H and O–H groups in total. The zero-order chi connectivity index (χ0) is 17.0. The molecule has 23 heavy (non-hydrogen) atoms. The molecule has 122 valence electrons. The Labute approximate surface area is 141 Å². The average molecular weight is 331 g/mol. The van der Waals surface area contributed by atoms with E-state index in [-0.39, 0.29) is 6.61 Å². The highest BCUT2D eigenvalue weighted by atomic mass is 32.1. The van der Waals surface area contributed by atoms with Crippen molar-refractivity contribution >= 4 is 27.4 Å². The second-order valence-corrected chi connectivity index (χ2v) is 7.00.